The minimum atomic E-state index is 0.0250. The maximum absolute atomic E-state index is 13.1. The van der Waals surface area contributed by atoms with Gasteiger partial charge in [-0.2, -0.15) is 0 Å². The van der Waals surface area contributed by atoms with Crippen molar-refractivity contribution in [3.05, 3.63) is 42.0 Å². The molecule has 1 aromatic carbocycles. The van der Waals surface area contributed by atoms with Gasteiger partial charge in [-0.15, -0.1) is 0 Å². The van der Waals surface area contributed by atoms with Crippen LogP contribution in [0.15, 0.2) is 30.6 Å². The van der Waals surface area contributed by atoms with Crippen molar-refractivity contribution in [1.82, 2.24) is 19.4 Å². The number of imidazole rings is 1. The van der Waals surface area contributed by atoms with Gasteiger partial charge < -0.3 is 23.8 Å². The van der Waals surface area contributed by atoms with Gasteiger partial charge in [0, 0.05) is 50.1 Å². The summed E-state index contributed by atoms with van der Waals surface area (Å²) in [5.74, 6) is 2.55. The number of carbonyl (C=O) groups excluding carboxylic acids is 1. The second-order valence-corrected chi connectivity index (χ2v) is 7.44. The first-order chi connectivity index (χ1) is 13.5. The molecular weight excluding hydrogens is 356 g/mol. The van der Waals surface area contributed by atoms with Gasteiger partial charge in [-0.05, 0) is 45.1 Å². The molecule has 1 saturated heterocycles. The van der Waals surface area contributed by atoms with Crippen molar-refractivity contribution in [1.29, 1.82) is 0 Å². The topological polar surface area (TPSA) is 59.8 Å². The zero-order chi connectivity index (χ0) is 20.1. The van der Waals surface area contributed by atoms with Crippen LogP contribution in [0.2, 0.25) is 0 Å². The van der Waals surface area contributed by atoms with Crippen LogP contribution in [0, 0.1) is 0 Å². The molecule has 7 heteroatoms. The number of likely N-dealkylation sites (N-methyl/N-ethyl adjacent to an activating group) is 1. The fourth-order valence-corrected chi connectivity index (χ4v) is 3.70. The van der Waals surface area contributed by atoms with Gasteiger partial charge in [0.05, 0.1) is 14.2 Å². The molecule has 28 heavy (non-hydrogen) atoms. The molecule has 152 valence electrons. The van der Waals surface area contributed by atoms with E-state index in [-0.39, 0.29) is 11.8 Å². The molecule has 1 amide bonds. The minimum absolute atomic E-state index is 0.0250. The molecule has 0 spiro atoms. The fourth-order valence-electron chi connectivity index (χ4n) is 3.70. The van der Waals surface area contributed by atoms with Crippen LogP contribution in [0.4, 0.5) is 0 Å². The molecular formula is C21H30N4O3. The average molecular weight is 386 g/mol. The van der Waals surface area contributed by atoms with Crippen LogP contribution in [0.25, 0.3) is 0 Å². The van der Waals surface area contributed by atoms with Crippen LogP contribution in [0.3, 0.4) is 0 Å². The maximum atomic E-state index is 13.1. The number of nitrogens with zero attached hydrogens (tertiary/aromatic N) is 4. The van der Waals surface area contributed by atoms with Gasteiger partial charge in [-0.1, -0.05) is 0 Å². The quantitative estimate of drug-likeness (QED) is 0.732. The Bertz CT molecular complexity index is 803. The van der Waals surface area contributed by atoms with Crippen molar-refractivity contribution in [2.75, 3.05) is 47.9 Å². The molecule has 0 aliphatic carbocycles. The van der Waals surface area contributed by atoms with E-state index in [9.17, 15) is 4.79 Å². The molecule has 0 saturated carbocycles. The molecule has 3 rings (SSSR count). The molecule has 7 nitrogen and oxygen atoms in total. The molecule has 1 aromatic heterocycles. The zero-order valence-electron chi connectivity index (χ0n) is 17.2. The molecule has 0 radical (unpaired) electrons. The normalized spacial score (nSPS) is 17.0. The number of rotatable bonds is 7. The standard InChI is InChI=1S/C21H30N4O3/c1-23(2)12-13-24-11-9-22-20(24)17-6-5-10-25(15-17)21(26)16-7-8-18(27-3)19(14-16)28-4/h7-9,11,14,17H,5-6,10,12-13,15H2,1-4H3/t17-/m0/s1. The number of amides is 1. The lowest BCUT2D eigenvalue weighted by Crippen LogP contribution is -2.40. The SMILES string of the molecule is COc1ccc(C(=O)N2CCC[C@H](c3nccn3CCN(C)C)C2)cc1OC. The first-order valence-electron chi connectivity index (χ1n) is 9.70. The number of benzene rings is 1. The molecule has 2 aromatic rings. The number of ether oxygens (including phenoxy) is 2. The van der Waals surface area contributed by atoms with Gasteiger partial charge >= 0.3 is 0 Å². The number of methoxy groups -OCH3 is 2. The van der Waals surface area contributed by atoms with Crippen LogP contribution in [-0.4, -0.2) is 73.2 Å². The van der Waals surface area contributed by atoms with E-state index >= 15 is 0 Å². The smallest absolute Gasteiger partial charge is 0.254 e. The van der Waals surface area contributed by atoms with E-state index in [0.717, 1.165) is 38.3 Å². The third kappa shape index (κ3) is 4.47. The molecule has 1 atom stereocenters. The van der Waals surface area contributed by atoms with Crippen molar-refractivity contribution in [2.45, 2.75) is 25.3 Å². The van der Waals surface area contributed by atoms with Gasteiger partial charge in [0.25, 0.3) is 5.91 Å². The summed E-state index contributed by atoms with van der Waals surface area (Å²) in [6, 6.07) is 5.33. The number of carbonyl (C=O) groups is 1. The van der Waals surface area contributed by atoms with Gasteiger partial charge in [-0.25, -0.2) is 4.98 Å². The Balaban J connectivity index is 1.73. The van der Waals surface area contributed by atoms with Crippen molar-refractivity contribution < 1.29 is 14.3 Å². The van der Waals surface area contributed by atoms with Crippen molar-refractivity contribution in [2.24, 2.45) is 0 Å². The highest BCUT2D eigenvalue weighted by Crippen LogP contribution is 2.30. The Labute approximate surface area is 166 Å². The van der Waals surface area contributed by atoms with Gasteiger partial charge in [0.1, 0.15) is 5.82 Å². The molecule has 0 N–H and O–H groups in total. The van der Waals surface area contributed by atoms with Gasteiger partial charge in [-0.3, -0.25) is 4.79 Å². The Hall–Kier alpha value is -2.54. The number of hydrogen-bond donors (Lipinski definition) is 0. The third-order valence-corrected chi connectivity index (χ3v) is 5.24. The summed E-state index contributed by atoms with van der Waals surface area (Å²) in [5.41, 5.74) is 0.620. The predicted octanol–water partition coefficient (Wildman–Crippen LogP) is 2.48. The largest absolute Gasteiger partial charge is 0.493 e. The number of likely N-dealkylation sites (tertiary alicyclic amines) is 1. The Morgan fingerprint density at radius 2 is 2.04 bits per heavy atom. The lowest BCUT2D eigenvalue weighted by molar-refractivity contribution is 0.0702. The van der Waals surface area contributed by atoms with Crippen LogP contribution in [-0.2, 0) is 6.54 Å². The lowest BCUT2D eigenvalue weighted by Gasteiger charge is -2.33. The van der Waals surface area contributed by atoms with Crippen molar-refractivity contribution in [3.8, 4) is 11.5 Å². The van der Waals surface area contributed by atoms with Gasteiger partial charge in [0.15, 0.2) is 11.5 Å². The summed E-state index contributed by atoms with van der Waals surface area (Å²) >= 11 is 0. The maximum Gasteiger partial charge on any atom is 0.254 e. The van der Waals surface area contributed by atoms with E-state index in [2.05, 4.69) is 28.5 Å². The first kappa shape index (κ1) is 20.2. The molecule has 0 unspecified atom stereocenters. The summed E-state index contributed by atoms with van der Waals surface area (Å²) in [5, 5.41) is 0. The van der Waals surface area contributed by atoms with Gasteiger partial charge in [0.2, 0.25) is 0 Å². The summed E-state index contributed by atoms with van der Waals surface area (Å²) in [7, 11) is 7.31. The summed E-state index contributed by atoms with van der Waals surface area (Å²) < 4.78 is 12.8. The highest BCUT2D eigenvalue weighted by molar-refractivity contribution is 5.95. The Morgan fingerprint density at radius 1 is 1.25 bits per heavy atom. The second kappa shape index (κ2) is 9.10. The molecule has 0 bridgehead atoms. The van der Waals surface area contributed by atoms with E-state index in [0.29, 0.717) is 23.6 Å². The molecule has 1 fully saturated rings. The number of hydrogen-bond acceptors (Lipinski definition) is 5. The molecule has 1 aliphatic rings. The average Bonchev–Trinajstić information content (AvgIpc) is 3.20. The minimum Gasteiger partial charge on any atom is -0.493 e. The lowest BCUT2D eigenvalue weighted by atomic mass is 9.96. The fraction of sp³-hybridized carbons (Fsp3) is 0.524. The van der Waals surface area contributed by atoms with E-state index in [1.807, 2.05) is 17.3 Å². The summed E-state index contributed by atoms with van der Waals surface area (Å²) in [6.07, 6.45) is 5.92. The van der Waals surface area contributed by atoms with E-state index in [4.69, 9.17) is 9.47 Å². The van der Waals surface area contributed by atoms with Crippen LogP contribution < -0.4 is 9.47 Å². The predicted molar refractivity (Wildman–Crippen MR) is 108 cm³/mol. The highest BCUT2D eigenvalue weighted by atomic mass is 16.5. The Morgan fingerprint density at radius 3 is 2.75 bits per heavy atom. The van der Waals surface area contributed by atoms with E-state index in [1.54, 1.807) is 32.4 Å². The van der Waals surface area contributed by atoms with Crippen LogP contribution >= 0.6 is 0 Å². The monoisotopic (exact) mass is 386 g/mol. The number of aromatic nitrogens is 2. The molecule has 2 heterocycles. The van der Waals surface area contributed by atoms with Crippen molar-refractivity contribution >= 4 is 5.91 Å². The van der Waals surface area contributed by atoms with E-state index in [1.165, 1.54) is 0 Å². The second-order valence-electron chi connectivity index (χ2n) is 7.44. The van der Waals surface area contributed by atoms with E-state index < -0.39 is 0 Å². The Kier molecular flexibility index (Phi) is 6.57. The highest BCUT2D eigenvalue weighted by Gasteiger charge is 2.28. The molecule has 1 aliphatic heterocycles. The number of piperidine rings is 1. The summed E-state index contributed by atoms with van der Waals surface area (Å²) in [6.45, 7) is 3.32. The third-order valence-electron chi connectivity index (χ3n) is 5.24. The first-order valence-corrected chi connectivity index (χ1v) is 9.70. The zero-order valence-corrected chi connectivity index (χ0v) is 17.2. The van der Waals surface area contributed by atoms with Crippen LogP contribution in [0.1, 0.15) is 34.9 Å². The summed E-state index contributed by atoms with van der Waals surface area (Å²) in [4.78, 5) is 21.8. The van der Waals surface area contributed by atoms with Crippen LogP contribution in [0.5, 0.6) is 11.5 Å². The van der Waals surface area contributed by atoms with Crippen molar-refractivity contribution in [3.63, 3.8) is 0 Å².